The first-order valence-corrected chi connectivity index (χ1v) is 8.71. The molecular formula is C22H20F4O. The van der Waals surface area contributed by atoms with Crippen molar-refractivity contribution in [3.8, 4) is 17.6 Å². The summed E-state index contributed by atoms with van der Waals surface area (Å²) >= 11 is 0. The molecule has 0 fully saturated rings. The summed E-state index contributed by atoms with van der Waals surface area (Å²) in [5.41, 5.74) is 1.74. The zero-order valence-corrected chi connectivity index (χ0v) is 14.9. The molecule has 2 aromatic carbocycles. The molecule has 2 rings (SSSR count). The summed E-state index contributed by atoms with van der Waals surface area (Å²) in [4.78, 5) is 0. The minimum absolute atomic E-state index is 0.245. The molecule has 0 aliphatic carbocycles. The summed E-state index contributed by atoms with van der Waals surface area (Å²) in [5.74, 6) is 5.22. The van der Waals surface area contributed by atoms with E-state index in [1.54, 1.807) is 30.3 Å². The molecule has 0 unspecified atom stereocenters. The SMILES string of the molecule is CCCCCC=C(F)c1ccc(C#Cc2ccc(OC(F)(F)F)cc2)cc1. The summed E-state index contributed by atoms with van der Waals surface area (Å²) < 4.78 is 54.2. The molecule has 0 radical (unpaired) electrons. The van der Waals surface area contributed by atoms with Crippen molar-refractivity contribution < 1.29 is 22.3 Å². The topological polar surface area (TPSA) is 9.23 Å². The van der Waals surface area contributed by atoms with Crippen LogP contribution >= 0.6 is 0 Å². The van der Waals surface area contributed by atoms with Gasteiger partial charge in [0.1, 0.15) is 11.6 Å². The maximum absolute atomic E-state index is 14.0. The minimum Gasteiger partial charge on any atom is -0.406 e. The van der Waals surface area contributed by atoms with Gasteiger partial charge < -0.3 is 4.74 Å². The lowest BCUT2D eigenvalue weighted by Gasteiger charge is -2.07. The van der Waals surface area contributed by atoms with Crippen molar-refractivity contribution in [2.75, 3.05) is 0 Å². The second-order valence-electron chi connectivity index (χ2n) is 5.95. The Kier molecular flexibility index (Phi) is 7.48. The summed E-state index contributed by atoms with van der Waals surface area (Å²) in [6.45, 7) is 2.10. The van der Waals surface area contributed by atoms with E-state index in [1.807, 2.05) is 0 Å². The molecule has 0 spiro atoms. The van der Waals surface area contributed by atoms with Gasteiger partial charge in [0.2, 0.25) is 0 Å². The Morgan fingerprint density at radius 2 is 1.48 bits per heavy atom. The van der Waals surface area contributed by atoms with Gasteiger partial charge in [-0.3, -0.25) is 0 Å². The van der Waals surface area contributed by atoms with Crippen LogP contribution in [0.3, 0.4) is 0 Å². The Labute approximate surface area is 156 Å². The van der Waals surface area contributed by atoms with Crippen LogP contribution in [-0.4, -0.2) is 6.36 Å². The van der Waals surface area contributed by atoms with Gasteiger partial charge in [0.15, 0.2) is 0 Å². The van der Waals surface area contributed by atoms with E-state index in [0.717, 1.165) is 25.7 Å². The zero-order chi connectivity index (χ0) is 19.7. The molecule has 0 aromatic heterocycles. The fourth-order valence-corrected chi connectivity index (χ4v) is 2.34. The first-order chi connectivity index (χ1) is 12.9. The Hall–Kier alpha value is -2.74. The molecule has 0 aliphatic heterocycles. The fraction of sp³-hybridized carbons (Fsp3) is 0.273. The maximum atomic E-state index is 14.0. The number of halogens is 4. The zero-order valence-electron chi connectivity index (χ0n) is 14.9. The third kappa shape index (κ3) is 7.57. The predicted octanol–water partition coefficient (Wildman–Crippen LogP) is 6.88. The molecule has 0 amide bonds. The first kappa shape index (κ1) is 20.6. The van der Waals surface area contributed by atoms with Crippen LogP contribution in [0.25, 0.3) is 5.83 Å². The second-order valence-corrected chi connectivity index (χ2v) is 5.95. The number of rotatable bonds is 6. The van der Waals surface area contributed by atoms with Gasteiger partial charge in [0.05, 0.1) is 0 Å². The van der Waals surface area contributed by atoms with Crippen molar-refractivity contribution in [1.82, 2.24) is 0 Å². The first-order valence-electron chi connectivity index (χ1n) is 8.71. The third-order valence-corrected chi connectivity index (χ3v) is 3.73. The standard InChI is InChI=1S/C22H20F4O/c1-2-3-4-5-6-21(23)19-13-9-17(10-14-19)7-8-18-11-15-20(16-12-18)27-22(24,25)26/h6,9-16H,2-5H2,1H3. The van der Waals surface area contributed by atoms with Gasteiger partial charge >= 0.3 is 6.36 Å². The summed E-state index contributed by atoms with van der Waals surface area (Å²) in [7, 11) is 0. The monoisotopic (exact) mass is 376 g/mol. The molecular weight excluding hydrogens is 356 g/mol. The van der Waals surface area contributed by atoms with Gasteiger partial charge in [-0.2, -0.15) is 0 Å². The molecule has 0 aliphatic rings. The van der Waals surface area contributed by atoms with Crippen LogP contribution in [0.4, 0.5) is 17.6 Å². The Morgan fingerprint density at radius 3 is 2.00 bits per heavy atom. The van der Waals surface area contributed by atoms with Gasteiger partial charge in [0.25, 0.3) is 0 Å². The average molecular weight is 376 g/mol. The highest BCUT2D eigenvalue weighted by Gasteiger charge is 2.30. The molecule has 0 bridgehead atoms. The van der Waals surface area contributed by atoms with Crippen LogP contribution < -0.4 is 4.74 Å². The number of benzene rings is 2. The van der Waals surface area contributed by atoms with Crippen molar-refractivity contribution >= 4 is 5.83 Å². The average Bonchev–Trinajstić information content (AvgIpc) is 2.64. The number of ether oxygens (including phenoxy) is 1. The number of alkyl halides is 3. The quantitative estimate of drug-likeness (QED) is 0.303. The van der Waals surface area contributed by atoms with E-state index in [0.29, 0.717) is 16.7 Å². The smallest absolute Gasteiger partial charge is 0.406 e. The lowest BCUT2D eigenvalue weighted by molar-refractivity contribution is -0.274. The normalized spacial score (nSPS) is 11.7. The molecule has 27 heavy (non-hydrogen) atoms. The number of hydrogen-bond donors (Lipinski definition) is 0. The van der Waals surface area contributed by atoms with Gasteiger partial charge in [-0.05, 0) is 55.3 Å². The number of hydrogen-bond acceptors (Lipinski definition) is 1. The highest BCUT2D eigenvalue weighted by atomic mass is 19.4. The van der Waals surface area contributed by atoms with Crippen molar-refractivity contribution in [2.24, 2.45) is 0 Å². The summed E-state index contributed by atoms with van der Waals surface area (Å²) in [6, 6.07) is 12.1. The van der Waals surface area contributed by atoms with E-state index < -0.39 is 6.36 Å². The predicted molar refractivity (Wildman–Crippen MR) is 98.8 cm³/mol. The van der Waals surface area contributed by atoms with Crippen molar-refractivity contribution in [2.45, 2.75) is 39.0 Å². The lowest BCUT2D eigenvalue weighted by atomic mass is 10.1. The highest BCUT2D eigenvalue weighted by Crippen LogP contribution is 2.22. The highest BCUT2D eigenvalue weighted by molar-refractivity contribution is 5.60. The maximum Gasteiger partial charge on any atom is 0.573 e. The second kappa shape index (κ2) is 9.82. The summed E-state index contributed by atoms with van der Waals surface area (Å²) in [5, 5.41) is 0. The third-order valence-electron chi connectivity index (χ3n) is 3.73. The van der Waals surface area contributed by atoms with Crippen LogP contribution in [0.1, 0.15) is 49.3 Å². The van der Waals surface area contributed by atoms with E-state index >= 15 is 0 Å². The van der Waals surface area contributed by atoms with E-state index in [2.05, 4.69) is 23.5 Å². The molecule has 142 valence electrons. The Balaban J connectivity index is 1.99. The molecule has 1 nitrogen and oxygen atoms in total. The van der Waals surface area contributed by atoms with Crippen LogP contribution in [0.5, 0.6) is 5.75 Å². The van der Waals surface area contributed by atoms with E-state index in [9.17, 15) is 17.6 Å². The fourth-order valence-electron chi connectivity index (χ4n) is 2.34. The van der Waals surface area contributed by atoms with Gasteiger partial charge in [-0.1, -0.05) is 43.7 Å². The number of allylic oxidation sites excluding steroid dienone is 1. The molecule has 0 heterocycles. The minimum atomic E-state index is -4.71. The molecule has 5 heteroatoms. The Bertz CT molecular complexity index is 807. The van der Waals surface area contributed by atoms with Crippen LogP contribution in [-0.2, 0) is 0 Å². The molecule has 0 atom stereocenters. The lowest BCUT2D eigenvalue weighted by Crippen LogP contribution is -2.16. The molecule has 0 saturated carbocycles. The van der Waals surface area contributed by atoms with Crippen molar-refractivity contribution in [1.29, 1.82) is 0 Å². The van der Waals surface area contributed by atoms with Crippen LogP contribution in [0.2, 0.25) is 0 Å². The van der Waals surface area contributed by atoms with E-state index in [1.165, 1.54) is 24.3 Å². The van der Waals surface area contributed by atoms with Crippen molar-refractivity contribution in [3.63, 3.8) is 0 Å². The number of unbranched alkanes of at least 4 members (excludes halogenated alkanes) is 3. The van der Waals surface area contributed by atoms with Gasteiger partial charge in [-0.25, -0.2) is 4.39 Å². The molecule has 2 aromatic rings. The van der Waals surface area contributed by atoms with Gasteiger partial charge in [-0.15, -0.1) is 13.2 Å². The van der Waals surface area contributed by atoms with Crippen LogP contribution in [0.15, 0.2) is 54.6 Å². The largest absolute Gasteiger partial charge is 0.573 e. The van der Waals surface area contributed by atoms with Crippen molar-refractivity contribution in [3.05, 3.63) is 71.3 Å². The Morgan fingerprint density at radius 1 is 0.926 bits per heavy atom. The van der Waals surface area contributed by atoms with E-state index in [-0.39, 0.29) is 11.6 Å². The van der Waals surface area contributed by atoms with E-state index in [4.69, 9.17) is 0 Å². The van der Waals surface area contributed by atoms with Gasteiger partial charge in [0, 0.05) is 16.7 Å². The van der Waals surface area contributed by atoms with Crippen LogP contribution in [0, 0.1) is 11.8 Å². The molecule has 0 saturated heterocycles. The molecule has 0 N–H and O–H groups in total. The summed E-state index contributed by atoms with van der Waals surface area (Å²) in [6.07, 6.45) is 0.758.